The summed E-state index contributed by atoms with van der Waals surface area (Å²) in [7, 11) is 0. The minimum atomic E-state index is -0.659. The van der Waals surface area contributed by atoms with E-state index in [1.165, 1.54) is 82.0 Å². The summed E-state index contributed by atoms with van der Waals surface area (Å²) in [6.07, 6.45) is 12.0. The normalized spacial score (nSPS) is 41.6. The SMILES string of the molecule is Cc1ccccc1C(O)(C1C2CC3CC(C2)CC1C3)C12CCCN1CCC2. The van der Waals surface area contributed by atoms with E-state index in [2.05, 4.69) is 36.1 Å². The Balaban J connectivity index is 1.54. The second-order valence-corrected chi connectivity index (χ2v) is 10.8. The zero-order valence-corrected chi connectivity index (χ0v) is 16.9. The molecule has 0 aromatic heterocycles. The molecule has 6 fully saturated rings. The Bertz CT molecular complexity index is 704. The van der Waals surface area contributed by atoms with E-state index in [9.17, 15) is 5.11 Å². The molecule has 2 saturated heterocycles. The number of nitrogens with zero attached hydrogens (tertiary/aromatic N) is 1. The van der Waals surface area contributed by atoms with E-state index in [0.717, 1.165) is 23.7 Å². The van der Waals surface area contributed by atoms with Crippen LogP contribution in [-0.4, -0.2) is 28.6 Å². The van der Waals surface area contributed by atoms with Crippen LogP contribution >= 0.6 is 0 Å². The minimum Gasteiger partial charge on any atom is -0.383 e. The summed E-state index contributed by atoms with van der Waals surface area (Å²) >= 11 is 0. The molecule has 4 bridgehead atoms. The van der Waals surface area contributed by atoms with Crippen LogP contribution in [0, 0.1) is 36.5 Å². The van der Waals surface area contributed by atoms with E-state index in [0.29, 0.717) is 5.92 Å². The van der Waals surface area contributed by atoms with Crippen molar-refractivity contribution in [2.24, 2.45) is 29.6 Å². The van der Waals surface area contributed by atoms with Crippen molar-refractivity contribution in [1.29, 1.82) is 0 Å². The molecule has 6 aliphatic rings. The van der Waals surface area contributed by atoms with Crippen molar-refractivity contribution >= 4 is 0 Å². The van der Waals surface area contributed by atoms with Crippen LogP contribution in [0.3, 0.4) is 0 Å². The van der Waals surface area contributed by atoms with Crippen LogP contribution in [-0.2, 0) is 5.60 Å². The fourth-order valence-corrected chi connectivity index (χ4v) is 9.08. The van der Waals surface area contributed by atoms with E-state index in [4.69, 9.17) is 0 Å². The zero-order chi connectivity index (χ0) is 18.2. The van der Waals surface area contributed by atoms with Gasteiger partial charge in [-0.25, -0.2) is 0 Å². The highest BCUT2D eigenvalue weighted by molar-refractivity contribution is 5.38. The van der Waals surface area contributed by atoms with Gasteiger partial charge in [0.05, 0.1) is 5.54 Å². The maximum atomic E-state index is 13.0. The second kappa shape index (κ2) is 5.83. The molecule has 1 atom stereocenters. The molecular weight excluding hydrogens is 330 g/mol. The molecule has 0 radical (unpaired) electrons. The topological polar surface area (TPSA) is 23.5 Å². The summed E-state index contributed by atoms with van der Waals surface area (Å²) in [5.41, 5.74) is 1.92. The van der Waals surface area contributed by atoms with E-state index < -0.39 is 5.60 Å². The number of aliphatic hydroxyl groups is 1. The first-order chi connectivity index (χ1) is 13.1. The van der Waals surface area contributed by atoms with E-state index in [1.54, 1.807) is 0 Å². The Morgan fingerprint density at radius 1 is 0.926 bits per heavy atom. The van der Waals surface area contributed by atoms with Crippen molar-refractivity contribution < 1.29 is 5.11 Å². The van der Waals surface area contributed by atoms with Gasteiger partial charge in [0.2, 0.25) is 0 Å². The van der Waals surface area contributed by atoms with Gasteiger partial charge in [-0.1, -0.05) is 24.3 Å². The molecule has 146 valence electrons. The average Bonchev–Trinajstić information content (AvgIpc) is 3.22. The van der Waals surface area contributed by atoms with Crippen molar-refractivity contribution in [3.8, 4) is 0 Å². The third kappa shape index (κ3) is 2.15. The molecule has 0 spiro atoms. The van der Waals surface area contributed by atoms with Crippen molar-refractivity contribution in [1.82, 2.24) is 4.90 Å². The van der Waals surface area contributed by atoms with Crippen LogP contribution in [0.15, 0.2) is 24.3 Å². The minimum absolute atomic E-state index is 0.000843. The van der Waals surface area contributed by atoms with Gasteiger partial charge < -0.3 is 5.11 Å². The highest BCUT2D eigenvalue weighted by Gasteiger charge is 2.66. The summed E-state index contributed by atoms with van der Waals surface area (Å²) in [4.78, 5) is 2.71. The zero-order valence-electron chi connectivity index (χ0n) is 16.9. The number of hydrogen-bond donors (Lipinski definition) is 1. The predicted octanol–water partition coefficient (Wildman–Crippen LogP) is 4.88. The van der Waals surface area contributed by atoms with Crippen molar-refractivity contribution in [2.75, 3.05) is 13.1 Å². The molecule has 1 unspecified atom stereocenters. The number of fused-ring (bicyclic) bond motifs is 1. The van der Waals surface area contributed by atoms with Crippen molar-refractivity contribution in [3.63, 3.8) is 0 Å². The molecule has 1 aromatic rings. The maximum absolute atomic E-state index is 13.0. The number of benzene rings is 1. The summed E-state index contributed by atoms with van der Waals surface area (Å²) in [5, 5.41) is 13.0. The third-order valence-corrected chi connectivity index (χ3v) is 9.62. The quantitative estimate of drug-likeness (QED) is 0.825. The molecule has 1 aromatic carbocycles. The van der Waals surface area contributed by atoms with Gasteiger partial charge in [0.15, 0.2) is 0 Å². The van der Waals surface area contributed by atoms with Gasteiger partial charge in [0, 0.05) is 0 Å². The average molecular weight is 366 g/mol. The first kappa shape index (κ1) is 17.0. The number of aryl methyl sites for hydroxylation is 1. The molecule has 2 aliphatic heterocycles. The maximum Gasteiger partial charge on any atom is 0.111 e. The lowest BCUT2D eigenvalue weighted by Crippen LogP contribution is -2.65. The van der Waals surface area contributed by atoms with Gasteiger partial charge in [-0.2, -0.15) is 0 Å². The van der Waals surface area contributed by atoms with Crippen LogP contribution in [0.5, 0.6) is 0 Å². The molecule has 2 nitrogen and oxygen atoms in total. The lowest BCUT2D eigenvalue weighted by molar-refractivity contribution is -0.202. The van der Waals surface area contributed by atoms with Crippen LogP contribution in [0.25, 0.3) is 0 Å². The van der Waals surface area contributed by atoms with Gasteiger partial charge in [0.1, 0.15) is 5.60 Å². The number of rotatable bonds is 3. The third-order valence-electron chi connectivity index (χ3n) is 9.62. The fourth-order valence-electron chi connectivity index (χ4n) is 9.08. The Labute approximate surface area is 164 Å². The highest BCUT2D eigenvalue weighted by Crippen LogP contribution is 2.65. The molecule has 0 amide bonds. The van der Waals surface area contributed by atoms with Crippen LogP contribution in [0.2, 0.25) is 0 Å². The predicted molar refractivity (Wildman–Crippen MR) is 108 cm³/mol. The molecule has 4 aliphatic carbocycles. The highest BCUT2D eigenvalue weighted by atomic mass is 16.3. The molecule has 2 heteroatoms. The van der Waals surface area contributed by atoms with Gasteiger partial charge in [0.25, 0.3) is 0 Å². The Hall–Kier alpha value is -0.860. The Morgan fingerprint density at radius 3 is 2.11 bits per heavy atom. The standard InChI is InChI=1S/C25H35NO/c1-17-6-2-3-7-22(17)25(27,24-8-4-10-26(24)11-5-9-24)23-20-13-18-12-19(15-20)16-21(23)14-18/h2-3,6-7,18-21,23,27H,4-5,8-16H2,1H3. The lowest BCUT2D eigenvalue weighted by atomic mass is 9.45. The van der Waals surface area contributed by atoms with Crippen LogP contribution < -0.4 is 0 Å². The molecule has 2 heterocycles. The molecule has 4 saturated carbocycles. The second-order valence-electron chi connectivity index (χ2n) is 10.8. The lowest BCUT2D eigenvalue weighted by Gasteiger charge is -2.63. The van der Waals surface area contributed by atoms with Gasteiger partial charge >= 0.3 is 0 Å². The Kier molecular flexibility index (Phi) is 3.68. The van der Waals surface area contributed by atoms with Crippen molar-refractivity contribution in [2.45, 2.75) is 75.9 Å². The summed E-state index contributed by atoms with van der Waals surface area (Å²) < 4.78 is 0. The molecule has 7 rings (SSSR count). The van der Waals surface area contributed by atoms with Gasteiger partial charge in [-0.15, -0.1) is 0 Å². The monoisotopic (exact) mass is 365 g/mol. The summed E-state index contributed by atoms with van der Waals surface area (Å²) in [5.74, 6) is 3.91. The van der Waals surface area contributed by atoms with Crippen LogP contribution in [0.1, 0.15) is 68.9 Å². The summed E-state index contributed by atoms with van der Waals surface area (Å²) in [6, 6.07) is 8.84. The molecule has 27 heavy (non-hydrogen) atoms. The van der Waals surface area contributed by atoms with Crippen molar-refractivity contribution in [3.05, 3.63) is 35.4 Å². The van der Waals surface area contributed by atoms with E-state index in [1.807, 2.05) is 0 Å². The first-order valence-electron chi connectivity index (χ1n) is 11.7. The molecule has 1 N–H and O–H groups in total. The fraction of sp³-hybridized carbons (Fsp3) is 0.760. The van der Waals surface area contributed by atoms with E-state index in [-0.39, 0.29) is 5.54 Å². The van der Waals surface area contributed by atoms with Gasteiger partial charge in [-0.3, -0.25) is 4.90 Å². The Morgan fingerprint density at radius 2 is 1.52 bits per heavy atom. The largest absolute Gasteiger partial charge is 0.383 e. The van der Waals surface area contributed by atoms with Crippen LogP contribution in [0.4, 0.5) is 0 Å². The summed E-state index contributed by atoms with van der Waals surface area (Å²) in [6.45, 7) is 4.63. The first-order valence-corrected chi connectivity index (χ1v) is 11.7. The van der Waals surface area contributed by atoms with E-state index >= 15 is 0 Å². The van der Waals surface area contributed by atoms with Gasteiger partial charge in [-0.05, 0) is 119 Å². The smallest absolute Gasteiger partial charge is 0.111 e. The molecular formula is C25H35NO. The number of hydrogen-bond acceptors (Lipinski definition) is 2.